The molecule has 1 amide bonds. The van der Waals surface area contributed by atoms with E-state index >= 15 is 0 Å². The van der Waals surface area contributed by atoms with Crippen molar-refractivity contribution in [1.82, 2.24) is 4.90 Å². The largest absolute Gasteiger partial charge is 0.481 e. The number of carboxylic acids is 1. The van der Waals surface area contributed by atoms with Crippen LogP contribution in [0.5, 0.6) is 0 Å². The zero-order valence-corrected chi connectivity index (χ0v) is 13.2. The smallest absolute Gasteiger partial charge is 0.303 e. The van der Waals surface area contributed by atoms with E-state index in [1.54, 1.807) is 11.0 Å². The predicted octanol–water partition coefficient (Wildman–Crippen LogP) is 3.60. The molecular weight excluding hydrogens is 294 g/mol. The SMILES string of the molecule is Cc1ccc2oc(C(=O)N3CCCCC3CCC(=O)O)cc2c1. The first-order chi connectivity index (χ1) is 11.0. The second kappa shape index (κ2) is 6.44. The summed E-state index contributed by atoms with van der Waals surface area (Å²) in [7, 11) is 0. The molecule has 122 valence electrons. The van der Waals surface area contributed by atoms with Crippen LogP contribution in [0.1, 0.15) is 48.2 Å². The van der Waals surface area contributed by atoms with Crippen molar-refractivity contribution in [2.24, 2.45) is 0 Å². The van der Waals surface area contributed by atoms with E-state index in [0.29, 0.717) is 24.3 Å². The molecule has 1 fully saturated rings. The highest BCUT2D eigenvalue weighted by Gasteiger charge is 2.29. The van der Waals surface area contributed by atoms with Gasteiger partial charge in [0.2, 0.25) is 0 Å². The van der Waals surface area contributed by atoms with Gasteiger partial charge in [0.25, 0.3) is 5.91 Å². The molecule has 2 aromatic rings. The molecule has 5 heteroatoms. The van der Waals surface area contributed by atoms with Gasteiger partial charge in [-0.25, -0.2) is 0 Å². The van der Waals surface area contributed by atoms with Crippen LogP contribution in [0.2, 0.25) is 0 Å². The van der Waals surface area contributed by atoms with Crippen molar-refractivity contribution in [1.29, 1.82) is 0 Å². The quantitative estimate of drug-likeness (QED) is 0.935. The van der Waals surface area contributed by atoms with Gasteiger partial charge in [-0.1, -0.05) is 11.6 Å². The first-order valence-electron chi connectivity index (χ1n) is 8.07. The Balaban J connectivity index is 1.81. The van der Waals surface area contributed by atoms with Gasteiger partial charge in [-0.15, -0.1) is 0 Å². The molecule has 1 aromatic carbocycles. The van der Waals surface area contributed by atoms with E-state index in [9.17, 15) is 9.59 Å². The second-order valence-corrected chi connectivity index (χ2v) is 6.23. The molecule has 23 heavy (non-hydrogen) atoms. The molecule has 5 nitrogen and oxygen atoms in total. The average Bonchev–Trinajstić information content (AvgIpc) is 2.95. The Kier molecular flexibility index (Phi) is 4.37. The molecular formula is C18H21NO4. The Morgan fingerprint density at radius 2 is 2.13 bits per heavy atom. The van der Waals surface area contributed by atoms with E-state index in [4.69, 9.17) is 9.52 Å². The Hall–Kier alpha value is -2.30. The van der Waals surface area contributed by atoms with Gasteiger partial charge in [0.05, 0.1) is 0 Å². The minimum absolute atomic E-state index is 0.0118. The highest BCUT2D eigenvalue weighted by Crippen LogP contribution is 2.26. The zero-order chi connectivity index (χ0) is 16.4. The van der Waals surface area contributed by atoms with Gasteiger partial charge in [0.1, 0.15) is 5.58 Å². The highest BCUT2D eigenvalue weighted by atomic mass is 16.4. The molecule has 1 N–H and O–H groups in total. The molecule has 0 aliphatic carbocycles. The number of fused-ring (bicyclic) bond motifs is 1. The second-order valence-electron chi connectivity index (χ2n) is 6.23. The number of piperidine rings is 1. The Labute approximate surface area is 134 Å². The van der Waals surface area contributed by atoms with E-state index in [1.165, 1.54) is 0 Å². The number of carbonyl (C=O) groups excluding carboxylic acids is 1. The van der Waals surface area contributed by atoms with Gasteiger partial charge in [0.15, 0.2) is 5.76 Å². The molecule has 1 atom stereocenters. The first-order valence-corrected chi connectivity index (χ1v) is 8.07. The van der Waals surface area contributed by atoms with E-state index in [0.717, 1.165) is 30.2 Å². The number of nitrogens with zero attached hydrogens (tertiary/aromatic N) is 1. The Bertz CT molecular complexity index is 734. The zero-order valence-electron chi connectivity index (χ0n) is 13.2. The molecule has 1 saturated heterocycles. The summed E-state index contributed by atoms with van der Waals surface area (Å²) in [5.41, 5.74) is 1.83. The molecule has 0 saturated carbocycles. The number of hydrogen-bond donors (Lipinski definition) is 1. The van der Waals surface area contributed by atoms with Gasteiger partial charge < -0.3 is 14.4 Å². The van der Waals surface area contributed by atoms with Gasteiger partial charge in [0, 0.05) is 24.4 Å². The predicted molar refractivity (Wildman–Crippen MR) is 86.5 cm³/mol. The Morgan fingerprint density at radius 1 is 1.30 bits per heavy atom. The van der Waals surface area contributed by atoms with Crippen LogP contribution in [-0.4, -0.2) is 34.5 Å². The number of hydrogen-bond acceptors (Lipinski definition) is 3. The van der Waals surface area contributed by atoms with Crippen molar-refractivity contribution in [3.63, 3.8) is 0 Å². The molecule has 1 aliphatic heterocycles. The van der Waals surface area contributed by atoms with Crippen LogP contribution >= 0.6 is 0 Å². The number of furan rings is 1. The van der Waals surface area contributed by atoms with E-state index in [-0.39, 0.29) is 18.4 Å². The van der Waals surface area contributed by atoms with Crippen molar-refractivity contribution in [2.45, 2.75) is 45.1 Å². The monoisotopic (exact) mass is 315 g/mol. The summed E-state index contributed by atoms with van der Waals surface area (Å²) in [6.45, 7) is 2.67. The Morgan fingerprint density at radius 3 is 2.91 bits per heavy atom. The maximum atomic E-state index is 12.8. The fourth-order valence-electron chi connectivity index (χ4n) is 3.27. The van der Waals surface area contributed by atoms with Crippen molar-refractivity contribution in [3.8, 4) is 0 Å². The number of amides is 1. The first kappa shape index (κ1) is 15.6. The fourth-order valence-corrected chi connectivity index (χ4v) is 3.27. The van der Waals surface area contributed by atoms with Crippen LogP contribution in [-0.2, 0) is 4.79 Å². The number of aryl methyl sites for hydroxylation is 1. The van der Waals surface area contributed by atoms with Crippen LogP contribution in [0.3, 0.4) is 0 Å². The van der Waals surface area contributed by atoms with E-state index in [2.05, 4.69) is 0 Å². The summed E-state index contributed by atoms with van der Waals surface area (Å²) in [5, 5.41) is 9.81. The maximum absolute atomic E-state index is 12.8. The van der Waals surface area contributed by atoms with Crippen LogP contribution in [0, 0.1) is 6.92 Å². The molecule has 2 heterocycles. The van der Waals surface area contributed by atoms with Crippen molar-refractivity contribution in [3.05, 3.63) is 35.6 Å². The third-order valence-corrected chi connectivity index (χ3v) is 4.46. The number of carbonyl (C=O) groups is 2. The minimum Gasteiger partial charge on any atom is -0.481 e. The number of rotatable bonds is 4. The number of likely N-dealkylation sites (tertiary alicyclic amines) is 1. The summed E-state index contributed by atoms with van der Waals surface area (Å²) >= 11 is 0. The summed E-state index contributed by atoms with van der Waals surface area (Å²) in [6.07, 6.45) is 3.44. The number of carboxylic acid groups (broad SMARTS) is 1. The molecule has 0 radical (unpaired) electrons. The maximum Gasteiger partial charge on any atom is 0.303 e. The summed E-state index contributed by atoms with van der Waals surface area (Å²) in [6, 6.07) is 7.60. The molecule has 1 aromatic heterocycles. The van der Waals surface area contributed by atoms with Gasteiger partial charge >= 0.3 is 5.97 Å². The third-order valence-electron chi connectivity index (χ3n) is 4.46. The van der Waals surface area contributed by atoms with Gasteiger partial charge in [-0.3, -0.25) is 9.59 Å². The molecule has 1 aliphatic rings. The van der Waals surface area contributed by atoms with Crippen molar-refractivity contribution in [2.75, 3.05) is 6.54 Å². The minimum atomic E-state index is -0.817. The van der Waals surface area contributed by atoms with Crippen LogP contribution in [0.4, 0.5) is 0 Å². The molecule has 0 bridgehead atoms. The third kappa shape index (κ3) is 3.38. The van der Waals surface area contributed by atoms with Gasteiger partial charge in [-0.2, -0.15) is 0 Å². The number of benzene rings is 1. The van der Waals surface area contributed by atoms with E-state index in [1.807, 2.05) is 25.1 Å². The molecule has 1 unspecified atom stereocenters. The number of aliphatic carboxylic acids is 1. The normalized spacial score (nSPS) is 18.3. The lowest BCUT2D eigenvalue weighted by Crippen LogP contribution is -2.43. The molecule has 3 rings (SSSR count). The highest BCUT2D eigenvalue weighted by molar-refractivity contribution is 5.96. The summed E-state index contributed by atoms with van der Waals surface area (Å²) < 4.78 is 5.70. The van der Waals surface area contributed by atoms with Crippen molar-refractivity contribution >= 4 is 22.8 Å². The summed E-state index contributed by atoms with van der Waals surface area (Å²) in [4.78, 5) is 25.4. The van der Waals surface area contributed by atoms with Crippen LogP contribution in [0.25, 0.3) is 11.0 Å². The standard InChI is InChI=1S/C18H21NO4/c1-12-5-7-15-13(10-12)11-16(23-15)18(22)19-9-3-2-4-14(19)6-8-17(20)21/h5,7,10-11,14H,2-4,6,8-9H2,1H3,(H,20,21). The lowest BCUT2D eigenvalue weighted by Gasteiger charge is -2.35. The average molecular weight is 315 g/mol. The topological polar surface area (TPSA) is 70.8 Å². The summed E-state index contributed by atoms with van der Waals surface area (Å²) in [5.74, 6) is -0.607. The van der Waals surface area contributed by atoms with Crippen molar-refractivity contribution < 1.29 is 19.1 Å². The van der Waals surface area contributed by atoms with E-state index < -0.39 is 5.97 Å². The lowest BCUT2D eigenvalue weighted by atomic mass is 9.97. The molecule has 0 spiro atoms. The van der Waals surface area contributed by atoms with Crippen LogP contribution < -0.4 is 0 Å². The van der Waals surface area contributed by atoms with Gasteiger partial charge in [-0.05, 0) is 50.8 Å². The fraction of sp³-hybridized carbons (Fsp3) is 0.444. The lowest BCUT2D eigenvalue weighted by molar-refractivity contribution is -0.137. The van der Waals surface area contributed by atoms with Crippen LogP contribution in [0.15, 0.2) is 28.7 Å².